The number of rotatable bonds is 4. The number of carbonyl (C=O) groups excluding carboxylic acids is 2. The molecule has 5 nitrogen and oxygen atoms in total. The van der Waals surface area contributed by atoms with E-state index in [1.165, 1.54) is 6.92 Å². The van der Waals surface area contributed by atoms with E-state index in [0.717, 1.165) is 11.3 Å². The van der Waals surface area contributed by atoms with Gasteiger partial charge in [-0.3, -0.25) is 4.79 Å². The second kappa shape index (κ2) is 7.11. The summed E-state index contributed by atoms with van der Waals surface area (Å²) in [6.07, 6.45) is -0.476. The highest BCUT2D eigenvalue weighted by Crippen LogP contribution is 2.19. The van der Waals surface area contributed by atoms with E-state index in [1.54, 1.807) is 4.90 Å². The molecule has 0 heterocycles. The van der Waals surface area contributed by atoms with Crippen molar-refractivity contribution in [2.24, 2.45) is 0 Å². The van der Waals surface area contributed by atoms with Crippen LogP contribution in [0.1, 0.15) is 33.3 Å². The van der Waals surface area contributed by atoms with Crippen LogP contribution in [0.25, 0.3) is 0 Å². The number of hydrogen-bond acceptors (Lipinski definition) is 3. The van der Waals surface area contributed by atoms with Crippen LogP contribution in [0.2, 0.25) is 0 Å². The van der Waals surface area contributed by atoms with Gasteiger partial charge in [-0.25, -0.2) is 4.79 Å². The molecule has 0 aliphatic heterocycles. The summed E-state index contributed by atoms with van der Waals surface area (Å²) in [7, 11) is 0. The Bertz CT molecular complexity index is 506. The number of hydrogen-bond donors (Lipinski definition) is 1. The molecule has 21 heavy (non-hydrogen) atoms. The molecule has 1 aromatic carbocycles. The van der Waals surface area contributed by atoms with Gasteiger partial charge in [0, 0.05) is 25.7 Å². The molecule has 1 aromatic rings. The van der Waals surface area contributed by atoms with Gasteiger partial charge >= 0.3 is 6.09 Å². The van der Waals surface area contributed by atoms with Gasteiger partial charge in [-0.2, -0.15) is 0 Å². The van der Waals surface area contributed by atoms with E-state index < -0.39 is 11.7 Å². The van der Waals surface area contributed by atoms with Crippen LogP contribution in [0, 0.1) is 6.92 Å². The molecular weight excluding hydrogens is 268 g/mol. The molecule has 0 aromatic heterocycles. The van der Waals surface area contributed by atoms with Crippen LogP contribution in [0.5, 0.6) is 0 Å². The molecule has 1 rings (SSSR count). The average molecular weight is 292 g/mol. The first kappa shape index (κ1) is 17.0. The van der Waals surface area contributed by atoms with Crippen molar-refractivity contribution in [3.05, 3.63) is 29.8 Å². The van der Waals surface area contributed by atoms with Gasteiger partial charge in [-0.05, 0) is 39.3 Å². The molecule has 0 fully saturated rings. The Kier molecular flexibility index (Phi) is 5.76. The normalized spacial score (nSPS) is 10.9. The van der Waals surface area contributed by atoms with Gasteiger partial charge in [0.2, 0.25) is 5.91 Å². The van der Waals surface area contributed by atoms with Crippen molar-refractivity contribution in [2.75, 3.05) is 18.0 Å². The third kappa shape index (κ3) is 5.85. The molecule has 0 aliphatic rings. The summed E-state index contributed by atoms with van der Waals surface area (Å²) < 4.78 is 5.16. The van der Waals surface area contributed by atoms with Gasteiger partial charge in [0.25, 0.3) is 0 Å². The first-order valence-corrected chi connectivity index (χ1v) is 7.01. The Morgan fingerprint density at radius 3 is 2.38 bits per heavy atom. The fraction of sp³-hybridized carbons (Fsp3) is 0.500. The van der Waals surface area contributed by atoms with Crippen LogP contribution >= 0.6 is 0 Å². The lowest BCUT2D eigenvalue weighted by atomic mass is 10.2. The number of benzene rings is 1. The maximum Gasteiger partial charge on any atom is 0.407 e. The minimum atomic E-state index is -0.527. The van der Waals surface area contributed by atoms with Crippen molar-refractivity contribution in [1.82, 2.24) is 5.32 Å². The Balaban J connectivity index is 2.60. The topological polar surface area (TPSA) is 58.6 Å². The quantitative estimate of drug-likeness (QED) is 0.928. The van der Waals surface area contributed by atoms with Crippen LogP contribution < -0.4 is 10.2 Å². The molecule has 1 N–H and O–H groups in total. The zero-order chi connectivity index (χ0) is 16.0. The van der Waals surface area contributed by atoms with E-state index in [-0.39, 0.29) is 5.91 Å². The van der Waals surface area contributed by atoms with Gasteiger partial charge in [0.15, 0.2) is 0 Å². The Hall–Kier alpha value is -2.04. The lowest BCUT2D eigenvalue weighted by molar-refractivity contribution is -0.116. The lowest BCUT2D eigenvalue weighted by Crippen LogP contribution is -2.39. The molecule has 0 radical (unpaired) electrons. The summed E-state index contributed by atoms with van der Waals surface area (Å²) in [6, 6.07) is 7.66. The first-order chi connectivity index (χ1) is 9.70. The second-order valence-electron chi connectivity index (χ2n) is 5.89. The first-order valence-electron chi connectivity index (χ1n) is 7.01. The predicted octanol–water partition coefficient (Wildman–Crippen LogP) is 2.87. The summed E-state index contributed by atoms with van der Waals surface area (Å²) in [4.78, 5) is 25.0. The van der Waals surface area contributed by atoms with Gasteiger partial charge < -0.3 is 15.0 Å². The van der Waals surface area contributed by atoms with E-state index in [1.807, 2.05) is 52.0 Å². The van der Waals surface area contributed by atoms with E-state index in [2.05, 4.69) is 5.32 Å². The summed E-state index contributed by atoms with van der Waals surface area (Å²) in [6.45, 7) is 9.63. The predicted molar refractivity (Wildman–Crippen MR) is 83.4 cm³/mol. The number of ether oxygens (including phenoxy) is 1. The smallest absolute Gasteiger partial charge is 0.407 e. The van der Waals surface area contributed by atoms with E-state index in [9.17, 15) is 9.59 Å². The third-order valence-corrected chi connectivity index (χ3v) is 2.79. The number of carbonyl (C=O) groups is 2. The molecule has 0 bridgehead atoms. The van der Waals surface area contributed by atoms with Crippen molar-refractivity contribution in [2.45, 2.75) is 40.2 Å². The van der Waals surface area contributed by atoms with E-state index in [0.29, 0.717) is 13.1 Å². The molecule has 0 saturated heterocycles. The number of alkyl carbamates (subject to hydrolysis) is 1. The zero-order valence-electron chi connectivity index (χ0n) is 13.4. The summed E-state index contributed by atoms with van der Waals surface area (Å²) >= 11 is 0. The van der Waals surface area contributed by atoms with Crippen molar-refractivity contribution >= 4 is 17.7 Å². The largest absolute Gasteiger partial charge is 0.444 e. The molecular formula is C16H24N2O3. The van der Waals surface area contributed by atoms with E-state index >= 15 is 0 Å². The van der Waals surface area contributed by atoms with Gasteiger partial charge in [-0.15, -0.1) is 0 Å². The number of amides is 2. The number of nitrogens with zero attached hydrogens (tertiary/aromatic N) is 1. The molecule has 2 amide bonds. The Morgan fingerprint density at radius 2 is 1.86 bits per heavy atom. The Morgan fingerprint density at radius 1 is 1.24 bits per heavy atom. The SMILES string of the molecule is CC(=O)N(CCNC(=O)OC(C)(C)C)c1ccccc1C. The van der Waals surface area contributed by atoms with Crippen molar-refractivity contribution in [1.29, 1.82) is 0 Å². The summed E-state index contributed by atoms with van der Waals surface area (Å²) in [5, 5.41) is 2.66. The lowest BCUT2D eigenvalue weighted by Gasteiger charge is -2.24. The van der Waals surface area contributed by atoms with Crippen LogP contribution in [0.15, 0.2) is 24.3 Å². The number of para-hydroxylation sites is 1. The monoisotopic (exact) mass is 292 g/mol. The van der Waals surface area contributed by atoms with Gasteiger partial charge in [-0.1, -0.05) is 18.2 Å². The van der Waals surface area contributed by atoms with Crippen LogP contribution in [0.4, 0.5) is 10.5 Å². The van der Waals surface area contributed by atoms with E-state index in [4.69, 9.17) is 4.74 Å². The van der Waals surface area contributed by atoms with Crippen LogP contribution in [-0.2, 0) is 9.53 Å². The van der Waals surface area contributed by atoms with Crippen molar-refractivity contribution in [3.63, 3.8) is 0 Å². The summed E-state index contributed by atoms with van der Waals surface area (Å²) in [5.74, 6) is -0.0599. The molecule has 0 saturated carbocycles. The molecule has 0 atom stereocenters. The fourth-order valence-electron chi connectivity index (χ4n) is 1.90. The van der Waals surface area contributed by atoms with Crippen molar-refractivity contribution in [3.8, 4) is 0 Å². The van der Waals surface area contributed by atoms with Gasteiger partial charge in [0.1, 0.15) is 5.60 Å². The molecule has 5 heteroatoms. The molecule has 116 valence electrons. The number of aryl methyl sites for hydroxylation is 1. The number of nitrogens with one attached hydrogen (secondary N) is 1. The van der Waals surface area contributed by atoms with Crippen molar-refractivity contribution < 1.29 is 14.3 Å². The zero-order valence-corrected chi connectivity index (χ0v) is 13.4. The maximum absolute atomic E-state index is 11.8. The van der Waals surface area contributed by atoms with Crippen LogP contribution in [-0.4, -0.2) is 30.7 Å². The fourth-order valence-corrected chi connectivity index (χ4v) is 1.90. The highest BCUT2D eigenvalue weighted by molar-refractivity contribution is 5.92. The number of anilines is 1. The maximum atomic E-state index is 11.8. The highest BCUT2D eigenvalue weighted by atomic mass is 16.6. The van der Waals surface area contributed by atoms with Crippen LogP contribution in [0.3, 0.4) is 0 Å². The minimum Gasteiger partial charge on any atom is -0.444 e. The average Bonchev–Trinajstić information content (AvgIpc) is 2.33. The van der Waals surface area contributed by atoms with Gasteiger partial charge in [0.05, 0.1) is 0 Å². The third-order valence-electron chi connectivity index (χ3n) is 2.79. The highest BCUT2D eigenvalue weighted by Gasteiger charge is 2.17. The minimum absolute atomic E-state index is 0.0599. The summed E-state index contributed by atoms with van der Waals surface area (Å²) in [5.41, 5.74) is 1.35. The molecule has 0 aliphatic carbocycles. The standard InChI is InChI=1S/C16H24N2O3/c1-12-8-6-7-9-14(12)18(13(2)19)11-10-17-15(20)21-16(3,4)5/h6-9H,10-11H2,1-5H3,(H,17,20). The second-order valence-corrected chi connectivity index (χ2v) is 5.89. The molecule has 0 spiro atoms. The Labute approximate surface area is 126 Å². The molecule has 0 unspecified atom stereocenters.